The summed E-state index contributed by atoms with van der Waals surface area (Å²) in [5, 5.41) is 2.59. The summed E-state index contributed by atoms with van der Waals surface area (Å²) in [4.78, 5) is 35.9. The van der Waals surface area contributed by atoms with E-state index in [-0.39, 0.29) is 12.8 Å². The Hall–Kier alpha value is -1.89. The maximum absolute atomic E-state index is 12.2. The largest absolute Gasteiger partial charge is 0.467 e. The SMILES string of the molecule is COC(=O)[C@@H](CCC(=O)OC(C)(C)C)NC(=O)c1cccc(Br)c1. The average molecular weight is 400 g/mol. The minimum atomic E-state index is -0.922. The molecule has 0 saturated heterocycles. The van der Waals surface area contributed by atoms with Crippen molar-refractivity contribution in [1.29, 1.82) is 0 Å². The first-order valence-electron chi connectivity index (χ1n) is 7.48. The van der Waals surface area contributed by atoms with E-state index in [0.29, 0.717) is 5.56 Å². The minimum absolute atomic E-state index is 0.00417. The number of rotatable bonds is 6. The first-order valence-corrected chi connectivity index (χ1v) is 8.28. The molecule has 0 saturated carbocycles. The van der Waals surface area contributed by atoms with Gasteiger partial charge in [-0.2, -0.15) is 0 Å². The van der Waals surface area contributed by atoms with Gasteiger partial charge >= 0.3 is 11.9 Å². The van der Waals surface area contributed by atoms with Gasteiger partial charge < -0.3 is 14.8 Å². The molecule has 0 radical (unpaired) electrons. The van der Waals surface area contributed by atoms with E-state index in [2.05, 4.69) is 21.2 Å². The Bertz CT molecular complexity index is 609. The first kappa shape index (κ1) is 20.2. The van der Waals surface area contributed by atoms with Gasteiger partial charge in [0.25, 0.3) is 5.91 Å². The molecule has 0 aliphatic carbocycles. The standard InChI is InChI=1S/C17H22BrNO5/c1-17(2,3)24-14(20)9-8-13(16(22)23-4)19-15(21)11-6-5-7-12(18)10-11/h5-7,10,13H,8-9H2,1-4H3,(H,19,21)/t13-/m1/s1. The third-order valence-corrected chi connectivity index (χ3v) is 3.43. The smallest absolute Gasteiger partial charge is 0.328 e. The van der Waals surface area contributed by atoms with Gasteiger partial charge in [0.05, 0.1) is 7.11 Å². The summed E-state index contributed by atoms with van der Waals surface area (Å²) in [6, 6.07) is 5.85. The number of carbonyl (C=O) groups is 3. The van der Waals surface area contributed by atoms with Crippen molar-refractivity contribution in [1.82, 2.24) is 5.32 Å². The highest BCUT2D eigenvalue weighted by Crippen LogP contribution is 2.13. The van der Waals surface area contributed by atoms with Crippen LogP contribution < -0.4 is 5.32 Å². The van der Waals surface area contributed by atoms with Crippen LogP contribution in [0.5, 0.6) is 0 Å². The topological polar surface area (TPSA) is 81.7 Å². The molecule has 1 aromatic carbocycles. The second-order valence-electron chi connectivity index (χ2n) is 6.18. The van der Waals surface area contributed by atoms with Gasteiger partial charge in [0.1, 0.15) is 11.6 Å². The Kier molecular flexibility index (Phi) is 7.41. The van der Waals surface area contributed by atoms with E-state index in [1.54, 1.807) is 45.0 Å². The molecule has 132 valence electrons. The molecule has 1 aromatic rings. The molecular weight excluding hydrogens is 378 g/mol. The zero-order valence-corrected chi connectivity index (χ0v) is 15.8. The number of halogens is 1. The highest BCUT2D eigenvalue weighted by Gasteiger charge is 2.25. The number of carbonyl (C=O) groups excluding carboxylic acids is 3. The Morgan fingerprint density at radius 1 is 1.25 bits per heavy atom. The molecule has 0 spiro atoms. The van der Waals surface area contributed by atoms with Gasteiger partial charge in [-0.15, -0.1) is 0 Å². The van der Waals surface area contributed by atoms with Crippen LogP contribution in [0.3, 0.4) is 0 Å². The Labute approximate surface area is 150 Å². The third-order valence-electron chi connectivity index (χ3n) is 2.93. The van der Waals surface area contributed by atoms with Gasteiger partial charge in [0, 0.05) is 16.5 Å². The van der Waals surface area contributed by atoms with Crippen molar-refractivity contribution in [2.75, 3.05) is 7.11 Å². The fourth-order valence-electron chi connectivity index (χ4n) is 1.92. The Morgan fingerprint density at radius 3 is 2.46 bits per heavy atom. The van der Waals surface area contributed by atoms with E-state index in [9.17, 15) is 14.4 Å². The quantitative estimate of drug-likeness (QED) is 0.743. The molecule has 1 amide bonds. The second kappa shape index (κ2) is 8.82. The van der Waals surface area contributed by atoms with Crippen molar-refractivity contribution >= 4 is 33.8 Å². The summed E-state index contributed by atoms with van der Waals surface area (Å²) in [5.74, 6) is -1.47. The molecule has 0 fully saturated rings. The lowest BCUT2D eigenvalue weighted by Gasteiger charge is -2.21. The fourth-order valence-corrected chi connectivity index (χ4v) is 2.32. The number of hydrogen-bond donors (Lipinski definition) is 1. The average Bonchev–Trinajstić information content (AvgIpc) is 2.48. The van der Waals surface area contributed by atoms with E-state index >= 15 is 0 Å². The van der Waals surface area contributed by atoms with Gasteiger partial charge in [-0.25, -0.2) is 4.79 Å². The molecule has 1 N–H and O–H groups in total. The maximum atomic E-state index is 12.2. The van der Waals surface area contributed by atoms with Crippen LogP contribution in [0.2, 0.25) is 0 Å². The molecule has 1 rings (SSSR count). The van der Waals surface area contributed by atoms with Gasteiger partial charge in [0.15, 0.2) is 0 Å². The lowest BCUT2D eigenvalue weighted by atomic mass is 10.1. The maximum Gasteiger partial charge on any atom is 0.328 e. The molecular formula is C17H22BrNO5. The van der Waals surface area contributed by atoms with Crippen LogP contribution in [-0.2, 0) is 19.1 Å². The molecule has 0 aromatic heterocycles. The van der Waals surface area contributed by atoms with Crippen molar-refractivity contribution < 1.29 is 23.9 Å². The molecule has 7 heteroatoms. The van der Waals surface area contributed by atoms with Crippen LogP contribution in [0.4, 0.5) is 0 Å². The van der Waals surface area contributed by atoms with Crippen LogP contribution in [-0.4, -0.2) is 36.6 Å². The number of benzene rings is 1. The van der Waals surface area contributed by atoms with Gasteiger partial charge in [0.2, 0.25) is 0 Å². The predicted octanol–water partition coefficient (Wildman–Crippen LogP) is 2.84. The molecule has 0 aliphatic rings. The van der Waals surface area contributed by atoms with E-state index in [1.807, 2.05) is 0 Å². The summed E-state index contributed by atoms with van der Waals surface area (Å²) in [6.07, 6.45) is 0.0944. The van der Waals surface area contributed by atoms with Crippen LogP contribution in [0.25, 0.3) is 0 Å². The summed E-state index contributed by atoms with van der Waals surface area (Å²) in [6.45, 7) is 5.28. The van der Waals surface area contributed by atoms with Crippen LogP contribution >= 0.6 is 15.9 Å². The highest BCUT2D eigenvalue weighted by molar-refractivity contribution is 9.10. The predicted molar refractivity (Wildman–Crippen MR) is 92.5 cm³/mol. The lowest BCUT2D eigenvalue weighted by Crippen LogP contribution is -2.42. The fraction of sp³-hybridized carbons (Fsp3) is 0.471. The van der Waals surface area contributed by atoms with E-state index < -0.39 is 29.5 Å². The van der Waals surface area contributed by atoms with E-state index in [1.165, 1.54) is 7.11 Å². The zero-order valence-electron chi connectivity index (χ0n) is 14.2. The van der Waals surface area contributed by atoms with Crippen LogP contribution in [0.1, 0.15) is 44.0 Å². The van der Waals surface area contributed by atoms with Crippen molar-refractivity contribution in [3.63, 3.8) is 0 Å². The Morgan fingerprint density at radius 2 is 1.92 bits per heavy atom. The monoisotopic (exact) mass is 399 g/mol. The number of esters is 2. The van der Waals surface area contributed by atoms with Crippen LogP contribution in [0.15, 0.2) is 28.7 Å². The summed E-state index contributed by atoms with van der Waals surface area (Å²) in [7, 11) is 1.23. The second-order valence-corrected chi connectivity index (χ2v) is 7.10. The summed E-state index contributed by atoms with van der Waals surface area (Å²) in [5.41, 5.74) is -0.201. The van der Waals surface area contributed by atoms with E-state index in [0.717, 1.165) is 4.47 Å². The van der Waals surface area contributed by atoms with Crippen molar-refractivity contribution in [2.45, 2.75) is 45.3 Å². The lowest BCUT2D eigenvalue weighted by molar-refractivity contribution is -0.155. The highest BCUT2D eigenvalue weighted by atomic mass is 79.9. The van der Waals surface area contributed by atoms with Crippen molar-refractivity contribution in [3.05, 3.63) is 34.3 Å². The summed E-state index contributed by atoms with van der Waals surface area (Å²) < 4.78 is 10.6. The van der Waals surface area contributed by atoms with E-state index in [4.69, 9.17) is 9.47 Å². The van der Waals surface area contributed by atoms with Crippen molar-refractivity contribution in [3.8, 4) is 0 Å². The molecule has 0 bridgehead atoms. The first-order chi connectivity index (χ1) is 11.1. The van der Waals surface area contributed by atoms with Crippen LogP contribution in [0, 0.1) is 0 Å². The molecule has 0 aliphatic heterocycles. The normalized spacial score (nSPS) is 12.2. The molecule has 24 heavy (non-hydrogen) atoms. The Balaban J connectivity index is 2.71. The van der Waals surface area contributed by atoms with Gasteiger partial charge in [-0.05, 0) is 45.4 Å². The number of methoxy groups -OCH3 is 1. The molecule has 6 nitrogen and oxygen atoms in total. The minimum Gasteiger partial charge on any atom is -0.467 e. The molecule has 0 heterocycles. The molecule has 0 unspecified atom stereocenters. The number of amides is 1. The molecule has 1 atom stereocenters. The number of hydrogen-bond acceptors (Lipinski definition) is 5. The number of nitrogens with one attached hydrogen (secondary N) is 1. The van der Waals surface area contributed by atoms with Crippen molar-refractivity contribution in [2.24, 2.45) is 0 Å². The zero-order chi connectivity index (χ0) is 18.3. The third kappa shape index (κ3) is 7.12. The number of ether oxygens (including phenoxy) is 2. The van der Waals surface area contributed by atoms with Gasteiger partial charge in [-0.1, -0.05) is 22.0 Å². The van der Waals surface area contributed by atoms with Gasteiger partial charge in [-0.3, -0.25) is 9.59 Å². The summed E-state index contributed by atoms with van der Waals surface area (Å²) >= 11 is 3.28.